The molecule has 0 aromatic heterocycles. The number of carbonyl (C=O) groups is 2. The summed E-state index contributed by atoms with van der Waals surface area (Å²) < 4.78 is 0. The Labute approximate surface area is 627 Å². The molecule has 0 N–H and O–H groups in total. The van der Waals surface area contributed by atoms with E-state index in [4.69, 9.17) is 0 Å². The third kappa shape index (κ3) is 7.60. The molecule has 0 radical (unpaired) electrons. The summed E-state index contributed by atoms with van der Waals surface area (Å²) in [4.78, 5) is 42.3. The average molecular weight is 1400 g/mol. The highest BCUT2D eigenvalue weighted by atomic mass is 32.2. The van der Waals surface area contributed by atoms with Crippen molar-refractivity contribution in [2.45, 2.75) is 35.8 Å². The Hall–Kier alpha value is -12.8. The molecule has 6 heteroatoms. The largest absolute Gasteiger partial charge is 0.308 e. The molecular formula is C101H58N2O2S2. The molecule has 16 aromatic rings. The van der Waals surface area contributed by atoms with Crippen LogP contribution in [-0.4, -0.2) is 11.6 Å². The smallest absolute Gasteiger partial charge is 0.193 e. The van der Waals surface area contributed by atoms with Crippen LogP contribution < -0.4 is 9.80 Å². The molecule has 4 nitrogen and oxygen atoms in total. The van der Waals surface area contributed by atoms with Crippen molar-refractivity contribution in [1.82, 2.24) is 0 Å². The standard InChI is InChI=1S/C101H58N2O2S2/c104-97(61-43-49-73-67-23-3-9-29-79(67)100(85(73)55-61)81-31-11-5-25-69(81)75-51-45-63(57-87(75)100)102-89-33-13-17-37-93(89)106-94-38-18-14-34-90(94)102)59-41-47-71-65-21-1-7-27-77(65)99(83(71)53-59)78-28-8-2-22-66(78)72-48-42-60(54-84(72)99)98(105)62-44-50-74-68-24-4-10-30-80(68)101(86(74)56-62)82-32-12-6-26-70(82)76-52-46-64(58-88(76)101)103-91-35-15-19-39-95(91)107-96-40-20-16-36-92(96)103/h1-58H. The van der Waals surface area contributed by atoms with Gasteiger partial charge in [0.25, 0.3) is 0 Å². The summed E-state index contributed by atoms with van der Waals surface area (Å²) in [5, 5.41) is 0. The molecule has 496 valence electrons. The minimum absolute atomic E-state index is 0.0518. The SMILES string of the molecule is O=C(c1ccc2c(c1)C1(c3ccccc3-2)c2ccccc2-c2ccc(C(=O)c3ccc4c(c3)C3(c5ccccc5-4)c4ccccc4-c4ccc(N5c6ccccc6Sc6ccccc65)cc43)cc21)c1ccc2c(c1)C1(c3ccccc3-2)c2ccccc2-c2ccc(N3c4ccccc4Sc4ccccc43)cc21. The number of nitrogens with zero attached hydrogens (tertiary/aromatic N) is 2. The van der Waals surface area contributed by atoms with E-state index < -0.39 is 16.2 Å². The van der Waals surface area contributed by atoms with Gasteiger partial charge in [0.15, 0.2) is 11.6 Å². The molecule has 24 rings (SSSR count). The molecular weight excluding hydrogens is 1340 g/mol. The van der Waals surface area contributed by atoms with Gasteiger partial charge in [0.05, 0.1) is 39.0 Å². The van der Waals surface area contributed by atoms with E-state index in [1.807, 2.05) is 35.7 Å². The topological polar surface area (TPSA) is 40.6 Å². The van der Waals surface area contributed by atoms with Gasteiger partial charge in [-0.15, -0.1) is 0 Å². The number of rotatable bonds is 6. The summed E-state index contributed by atoms with van der Waals surface area (Å²) in [7, 11) is 0. The summed E-state index contributed by atoms with van der Waals surface area (Å²) in [6.07, 6.45) is 0. The molecule has 16 aromatic carbocycles. The summed E-state index contributed by atoms with van der Waals surface area (Å²) in [5.41, 5.74) is 34.4. The molecule has 107 heavy (non-hydrogen) atoms. The number of ketones is 2. The van der Waals surface area contributed by atoms with E-state index in [2.05, 4.69) is 350 Å². The number of carbonyl (C=O) groups excluding carboxylic acids is 2. The van der Waals surface area contributed by atoms with E-state index in [0.717, 1.165) is 101 Å². The Bertz CT molecular complexity index is 6240. The number of hydrogen-bond acceptors (Lipinski definition) is 6. The highest BCUT2D eigenvalue weighted by Crippen LogP contribution is 2.68. The van der Waals surface area contributed by atoms with Crippen LogP contribution in [0, 0.1) is 0 Å². The van der Waals surface area contributed by atoms with E-state index in [9.17, 15) is 0 Å². The van der Waals surface area contributed by atoms with Crippen molar-refractivity contribution in [3.05, 3.63) is 441 Å². The molecule has 0 amide bonds. The Balaban J connectivity index is 0.644. The van der Waals surface area contributed by atoms with Crippen LogP contribution in [0.4, 0.5) is 34.1 Å². The van der Waals surface area contributed by atoms with Crippen molar-refractivity contribution in [3.63, 3.8) is 0 Å². The van der Waals surface area contributed by atoms with E-state index in [1.165, 1.54) is 86.3 Å². The molecule has 2 aliphatic heterocycles. The minimum Gasteiger partial charge on any atom is -0.308 e. The molecule has 0 fully saturated rings. The lowest BCUT2D eigenvalue weighted by Gasteiger charge is -2.35. The molecule has 2 heterocycles. The van der Waals surface area contributed by atoms with Crippen LogP contribution in [0.1, 0.15) is 98.6 Å². The normalized spacial score (nSPS) is 17.6. The highest BCUT2D eigenvalue weighted by Gasteiger charge is 2.56. The van der Waals surface area contributed by atoms with Crippen LogP contribution in [-0.2, 0) is 16.2 Å². The lowest BCUT2D eigenvalue weighted by molar-refractivity contribution is 0.103. The maximum atomic E-state index is 16.3. The van der Waals surface area contributed by atoms with Crippen molar-refractivity contribution >= 4 is 69.2 Å². The van der Waals surface area contributed by atoms with Gasteiger partial charge in [0, 0.05) is 53.2 Å². The molecule has 0 bridgehead atoms. The number of hydrogen-bond donors (Lipinski definition) is 0. The summed E-state index contributed by atoms with van der Waals surface area (Å²) >= 11 is 3.63. The van der Waals surface area contributed by atoms with Crippen LogP contribution in [0.3, 0.4) is 0 Å². The van der Waals surface area contributed by atoms with Crippen LogP contribution >= 0.6 is 23.5 Å². The maximum Gasteiger partial charge on any atom is 0.193 e. The lowest BCUT2D eigenvalue weighted by Crippen LogP contribution is -2.27. The van der Waals surface area contributed by atoms with Gasteiger partial charge in [-0.1, -0.05) is 278 Å². The number of fused-ring (bicyclic) bond motifs is 34. The first-order chi connectivity index (χ1) is 52.9. The van der Waals surface area contributed by atoms with E-state index in [-0.39, 0.29) is 11.6 Å². The molecule has 3 spiro atoms. The predicted molar refractivity (Wildman–Crippen MR) is 433 cm³/mol. The first-order valence-corrected chi connectivity index (χ1v) is 38.4. The van der Waals surface area contributed by atoms with Crippen LogP contribution in [0.25, 0.3) is 66.8 Å². The van der Waals surface area contributed by atoms with Crippen molar-refractivity contribution in [2.75, 3.05) is 9.80 Å². The van der Waals surface area contributed by atoms with Crippen molar-refractivity contribution in [2.24, 2.45) is 0 Å². The second-order valence-corrected chi connectivity index (χ2v) is 31.6. The third-order valence-corrected chi connectivity index (χ3v) is 26.9. The van der Waals surface area contributed by atoms with Crippen molar-refractivity contribution in [3.8, 4) is 66.8 Å². The Kier molecular flexibility index (Phi) is 12.0. The number of para-hydroxylation sites is 4. The molecule has 0 saturated heterocycles. The van der Waals surface area contributed by atoms with Gasteiger partial charge in [-0.05, 0) is 231 Å². The van der Waals surface area contributed by atoms with Gasteiger partial charge in [-0.25, -0.2) is 0 Å². The minimum atomic E-state index is -0.871. The average Bonchev–Trinajstić information content (AvgIpc) is 1.52. The van der Waals surface area contributed by atoms with Crippen LogP contribution in [0.2, 0.25) is 0 Å². The van der Waals surface area contributed by atoms with Gasteiger partial charge in [0.2, 0.25) is 0 Å². The van der Waals surface area contributed by atoms with Crippen molar-refractivity contribution in [1.29, 1.82) is 0 Å². The second-order valence-electron chi connectivity index (χ2n) is 29.4. The zero-order chi connectivity index (χ0) is 70.2. The van der Waals surface area contributed by atoms with E-state index in [0.29, 0.717) is 22.3 Å². The van der Waals surface area contributed by atoms with Gasteiger partial charge >= 0.3 is 0 Å². The molecule has 2 unspecified atom stereocenters. The van der Waals surface area contributed by atoms with Gasteiger partial charge < -0.3 is 9.80 Å². The molecule has 2 atom stereocenters. The van der Waals surface area contributed by atoms with E-state index in [1.54, 1.807) is 0 Å². The van der Waals surface area contributed by atoms with Crippen molar-refractivity contribution < 1.29 is 9.59 Å². The summed E-state index contributed by atoms with van der Waals surface area (Å²) in [6.45, 7) is 0. The van der Waals surface area contributed by atoms with Crippen LogP contribution in [0.15, 0.2) is 371 Å². The highest BCUT2D eigenvalue weighted by molar-refractivity contribution is 8.00. The quantitative estimate of drug-likeness (QED) is 0.155. The monoisotopic (exact) mass is 1390 g/mol. The predicted octanol–water partition coefficient (Wildman–Crippen LogP) is 25.0. The Morgan fingerprint density at radius 2 is 0.393 bits per heavy atom. The van der Waals surface area contributed by atoms with Crippen LogP contribution in [0.5, 0.6) is 0 Å². The Morgan fingerprint density at radius 1 is 0.196 bits per heavy atom. The fourth-order valence-electron chi connectivity index (χ4n) is 20.5. The third-order valence-electron chi connectivity index (χ3n) is 24.7. The summed E-state index contributed by atoms with van der Waals surface area (Å²) in [5.74, 6) is -0.104. The van der Waals surface area contributed by atoms with Gasteiger partial charge in [-0.2, -0.15) is 0 Å². The Morgan fingerprint density at radius 3 is 0.645 bits per heavy atom. The van der Waals surface area contributed by atoms with E-state index >= 15 is 9.59 Å². The first-order valence-electron chi connectivity index (χ1n) is 36.8. The lowest BCUT2D eigenvalue weighted by atomic mass is 9.69. The fraction of sp³-hybridized carbons (Fsp3) is 0.0297. The molecule has 0 saturated carbocycles. The van der Waals surface area contributed by atoms with Gasteiger partial charge in [0.1, 0.15) is 0 Å². The fourth-order valence-corrected chi connectivity index (χ4v) is 22.7. The zero-order valence-corrected chi connectivity index (χ0v) is 59.1. The molecule has 8 aliphatic rings. The molecule has 6 aliphatic carbocycles. The summed E-state index contributed by atoms with van der Waals surface area (Å²) in [6, 6.07) is 128. The maximum absolute atomic E-state index is 16.3. The van der Waals surface area contributed by atoms with Gasteiger partial charge in [-0.3, -0.25) is 9.59 Å². The first kappa shape index (κ1) is 59.5. The zero-order valence-electron chi connectivity index (χ0n) is 57.5. The second kappa shape index (κ2) is 21.7. The number of anilines is 6. The number of benzene rings is 16.